The van der Waals surface area contributed by atoms with E-state index >= 15 is 0 Å². The van der Waals surface area contributed by atoms with Gasteiger partial charge < -0.3 is 9.72 Å². The molecule has 0 aromatic carbocycles. The highest BCUT2D eigenvalue weighted by molar-refractivity contribution is 6.33. The molecule has 4 nitrogen and oxygen atoms in total. The quantitative estimate of drug-likeness (QED) is 0.875. The molecule has 17 heavy (non-hydrogen) atoms. The van der Waals surface area contributed by atoms with Crippen molar-refractivity contribution in [3.05, 3.63) is 35.2 Å². The van der Waals surface area contributed by atoms with Gasteiger partial charge in [-0.25, -0.2) is 4.98 Å². The molecular weight excluding hydrogens is 236 g/mol. The zero-order chi connectivity index (χ0) is 11.7. The summed E-state index contributed by atoms with van der Waals surface area (Å²) in [6, 6.07) is 3.83. The Kier molecular flexibility index (Phi) is 3.01. The first-order chi connectivity index (χ1) is 8.34. The van der Waals surface area contributed by atoms with Crippen molar-refractivity contribution >= 4 is 17.2 Å². The maximum atomic E-state index is 6.11. The van der Waals surface area contributed by atoms with Gasteiger partial charge in [-0.1, -0.05) is 11.6 Å². The zero-order valence-corrected chi connectivity index (χ0v) is 10.3. The van der Waals surface area contributed by atoms with Crippen LogP contribution in [0.5, 0.6) is 0 Å². The lowest BCUT2D eigenvalue weighted by Crippen LogP contribution is -2.43. The molecule has 0 unspecified atom stereocenters. The molecule has 2 aromatic rings. The van der Waals surface area contributed by atoms with Crippen LogP contribution in [0.3, 0.4) is 0 Å². The molecule has 0 atom stereocenters. The predicted molar refractivity (Wildman–Crippen MR) is 68.3 cm³/mol. The standard InChI is InChI=1S/C12H15ClN4/c13-11-2-1-5-17-10(8-15-12(11)17)9-16-6-3-14-4-7-16/h1-2,5,8,14H,3-4,6-7,9H2. The first kappa shape index (κ1) is 11.0. The van der Waals surface area contributed by atoms with Gasteiger partial charge in [0.25, 0.3) is 0 Å². The van der Waals surface area contributed by atoms with Crippen LogP contribution in [-0.4, -0.2) is 40.5 Å². The lowest BCUT2D eigenvalue weighted by Gasteiger charge is -2.26. The number of imidazole rings is 1. The number of hydrogen-bond donors (Lipinski definition) is 1. The molecule has 1 aliphatic heterocycles. The molecule has 1 N–H and O–H groups in total. The van der Waals surface area contributed by atoms with E-state index in [2.05, 4.69) is 19.6 Å². The highest BCUT2D eigenvalue weighted by Crippen LogP contribution is 2.17. The number of piperazine rings is 1. The maximum absolute atomic E-state index is 6.11. The van der Waals surface area contributed by atoms with Crippen molar-refractivity contribution in [1.82, 2.24) is 19.6 Å². The molecule has 90 valence electrons. The molecule has 0 spiro atoms. The van der Waals surface area contributed by atoms with E-state index in [-0.39, 0.29) is 0 Å². The molecule has 2 aromatic heterocycles. The Morgan fingerprint density at radius 3 is 3.00 bits per heavy atom. The molecule has 0 bridgehead atoms. The third-order valence-corrected chi connectivity index (χ3v) is 3.46. The number of aromatic nitrogens is 2. The van der Waals surface area contributed by atoms with E-state index in [1.54, 1.807) is 0 Å². The average Bonchev–Trinajstić information content (AvgIpc) is 2.76. The van der Waals surface area contributed by atoms with Crippen LogP contribution < -0.4 is 5.32 Å². The number of nitrogens with one attached hydrogen (secondary N) is 1. The van der Waals surface area contributed by atoms with Gasteiger partial charge in [-0.2, -0.15) is 0 Å². The van der Waals surface area contributed by atoms with E-state index < -0.39 is 0 Å². The van der Waals surface area contributed by atoms with Crippen LogP contribution in [0.1, 0.15) is 5.69 Å². The molecule has 0 amide bonds. The zero-order valence-electron chi connectivity index (χ0n) is 9.56. The largest absolute Gasteiger partial charge is 0.314 e. The third kappa shape index (κ3) is 2.16. The van der Waals surface area contributed by atoms with Gasteiger partial charge in [0.2, 0.25) is 0 Å². The summed E-state index contributed by atoms with van der Waals surface area (Å²) in [6.45, 7) is 5.25. The van der Waals surface area contributed by atoms with Gasteiger partial charge in [0.15, 0.2) is 5.65 Å². The fourth-order valence-corrected chi connectivity index (χ4v) is 2.46. The maximum Gasteiger partial charge on any atom is 0.155 e. The van der Waals surface area contributed by atoms with Crippen LogP contribution >= 0.6 is 11.6 Å². The molecule has 5 heteroatoms. The van der Waals surface area contributed by atoms with Gasteiger partial charge in [-0.3, -0.25) is 4.90 Å². The second-order valence-corrected chi connectivity index (χ2v) is 4.73. The van der Waals surface area contributed by atoms with Crippen LogP contribution in [-0.2, 0) is 6.54 Å². The van der Waals surface area contributed by atoms with Gasteiger partial charge in [-0.05, 0) is 12.1 Å². The van der Waals surface area contributed by atoms with E-state index in [1.165, 1.54) is 5.69 Å². The van der Waals surface area contributed by atoms with Gasteiger partial charge >= 0.3 is 0 Å². The molecule has 1 fully saturated rings. The van der Waals surface area contributed by atoms with Gasteiger partial charge in [0.1, 0.15) is 0 Å². The van der Waals surface area contributed by atoms with Crippen LogP contribution in [0.25, 0.3) is 5.65 Å². The second kappa shape index (κ2) is 4.64. The van der Waals surface area contributed by atoms with Gasteiger partial charge in [-0.15, -0.1) is 0 Å². The van der Waals surface area contributed by atoms with Crippen molar-refractivity contribution in [2.24, 2.45) is 0 Å². The minimum atomic E-state index is 0.707. The van der Waals surface area contributed by atoms with E-state index in [4.69, 9.17) is 11.6 Å². The Balaban J connectivity index is 1.87. The lowest BCUT2D eigenvalue weighted by molar-refractivity contribution is 0.230. The fraction of sp³-hybridized carbons (Fsp3) is 0.417. The number of rotatable bonds is 2. The number of hydrogen-bond acceptors (Lipinski definition) is 3. The highest BCUT2D eigenvalue weighted by atomic mass is 35.5. The normalized spacial score (nSPS) is 17.7. The summed E-state index contributed by atoms with van der Waals surface area (Å²) < 4.78 is 2.07. The van der Waals surface area contributed by atoms with Gasteiger partial charge in [0, 0.05) is 38.9 Å². The number of pyridine rings is 1. The molecule has 0 saturated carbocycles. The summed E-state index contributed by atoms with van der Waals surface area (Å²) in [5, 5.41) is 4.06. The van der Waals surface area contributed by atoms with Crippen LogP contribution in [0, 0.1) is 0 Å². The Bertz CT molecular complexity index is 516. The first-order valence-electron chi connectivity index (χ1n) is 5.88. The van der Waals surface area contributed by atoms with Crippen molar-refractivity contribution in [2.45, 2.75) is 6.54 Å². The molecule has 3 rings (SSSR count). The fourth-order valence-electron chi connectivity index (χ4n) is 2.24. The highest BCUT2D eigenvalue weighted by Gasteiger charge is 2.13. The molecule has 0 radical (unpaired) electrons. The second-order valence-electron chi connectivity index (χ2n) is 4.33. The molecule has 3 heterocycles. The minimum Gasteiger partial charge on any atom is -0.314 e. The summed E-state index contributed by atoms with van der Waals surface area (Å²) >= 11 is 6.11. The smallest absolute Gasteiger partial charge is 0.155 e. The number of halogens is 1. The number of nitrogens with zero attached hydrogens (tertiary/aromatic N) is 3. The molecular formula is C12H15ClN4. The van der Waals surface area contributed by atoms with E-state index in [1.807, 2.05) is 24.5 Å². The van der Waals surface area contributed by atoms with Crippen molar-refractivity contribution in [3.63, 3.8) is 0 Å². The van der Waals surface area contributed by atoms with Crippen molar-refractivity contribution in [1.29, 1.82) is 0 Å². The summed E-state index contributed by atoms with van der Waals surface area (Å²) in [6.07, 6.45) is 3.94. The Morgan fingerprint density at radius 2 is 2.18 bits per heavy atom. The average molecular weight is 251 g/mol. The monoisotopic (exact) mass is 250 g/mol. The predicted octanol–water partition coefficient (Wildman–Crippen LogP) is 1.39. The topological polar surface area (TPSA) is 32.6 Å². The minimum absolute atomic E-state index is 0.707. The van der Waals surface area contributed by atoms with Crippen molar-refractivity contribution in [2.75, 3.05) is 26.2 Å². The first-order valence-corrected chi connectivity index (χ1v) is 6.26. The Morgan fingerprint density at radius 1 is 1.35 bits per heavy atom. The van der Waals surface area contributed by atoms with E-state index in [0.29, 0.717) is 5.02 Å². The summed E-state index contributed by atoms with van der Waals surface area (Å²) in [5.74, 6) is 0. The SMILES string of the molecule is Clc1cccn2c(CN3CCNCC3)cnc12. The lowest BCUT2D eigenvalue weighted by atomic mass is 10.3. The Hall–Kier alpha value is -1.10. The summed E-state index contributed by atoms with van der Waals surface area (Å²) in [4.78, 5) is 6.80. The van der Waals surface area contributed by atoms with E-state index in [0.717, 1.165) is 38.4 Å². The van der Waals surface area contributed by atoms with Crippen molar-refractivity contribution < 1.29 is 0 Å². The Labute approximate surface area is 105 Å². The van der Waals surface area contributed by atoms with Gasteiger partial charge in [0.05, 0.1) is 16.9 Å². The van der Waals surface area contributed by atoms with Crippen LogP contribution in [0.4, 0.5) is 0 Å². The molecule has 0 aliphatic carbocycles. The molecule has 1 saturated heterocycles. The summed E-state index contributed by atoms with van der Waals surface area (Å²) in [7, 11) is 0. The van der Waals surface area contributed by atoms with E-state index in [9.17, 15) is 0 Å². The number of fused-ring (bicyclic) bond motifs is 1. The van der Waals surface area contributed by atoms with Crippen molar-refractivity contribution in [3.8, 4) is 0 Å². The van der Waals surface area contributed by atoms with Crippen LogP contribution in [0.15, 0.2) is 24.5 Å². The van der Waals surface area contributed by atoms with Crippen LogP contribution in [0.2, 0.25) is 5.02 Å². The molecule has 1 aliphatic rings. The third-order valence-electron chi connectivity index (χ3n) is 3.16. The summed E-state index contributed by atoms with van der Waals surface area (Å²) in [5.41, 5.74) is 2.05.